The van der Waals surface area contributed by atoms with Gasteiger partial charge >= 0.3 is 7.60 Å². The second-order valence-electron chi connectivity index (χ2n) is 5.05. The predicted octanol–water partition coefficient (Wildman–Crippen LogP) is 5.10. The average molecular weight is 308 g/mol. The lowest BCUT2D eigenvalue weighted by atomic mass is 10.0. The third kappa shape index (κ3) is 6.66. The number of unbranched alkanes of at least 4 members (excludes halogenated alkanes) is 1. The van der Waals surface area contributed by atoms with Gasteiger partial charge in [-0.2, -0.15) is 11.8 Å². The van der Waals surface area contributed by atoms with Crippen molar-refractivity contribution >= 4 is 19.4 Å². The van der Waals surface area contributed by atoms with E-state index >= 15 is 0 Å². The van der Waals surface area contributed by atoms with Crippen molar-refractivity contribution < 1.29 is 13.6 Å². The maximum atomic E-state index is 12.8. The first-order valence-corrected chi connectivity index (χ1v) is 10.5. The minimum Gasteiger partial charge on any atom is -0.309 e. The highest BCUT2D eigenvalue weighted by molar-refractivity contribution is 7.99. The summed E-state index contributed by atoms with van der Waals surface area (Å²) in [4.78, 5) is 0. The fraction of sp³-hybridized carbons (Fsp3) is 1.00. The van der Waals surface area contributed by atoms with Crippen molar-refractivity contribution in [3.63, 3.8) is 0 Å². The summed E-state index contributed by atoms with van der Waals surface area (Å²) in [5.41, 5.74) is 0.141. The van der Waals surface area contributed by atoms with Gasteiger partial charge in [-0.3, -0.25) is 4.57 Å². The van der Waals surface area contributed by atoms with E-state index in [-0.39, 0.29) is 5.66 Å². The first-order valence-electron chi connectivity index (χ1n) is 7.69. The summed E-state index contributed by atoms with van der Waals surface area (Å²) in [6.45, 7) is 5.14. The molecule has 1 rings (SSSR count). The largest absolute Gasteiger partial charge is 0.333 e. The third-order valence-corrected chi connectivity index (χ3v) is 7.08. The molecule has 0 N–H and O–H groups in total. The van der Waals surface area contributed by atoms with Crippen molar-refractivity contribution in [1.29, 1.82) is 0 Å². The highest BCUT2D eigenvalue weighted by Crippen LogP contribution is 2.57. The monoisotopic (exact) mass is 308 g/mol. The highest BCUT2D eigenvalue weighted by atomic mass is 32.2. The Labute approximate surface area is 122 Å². The molecule has 1 aliphatic carbocycles. The second-order valence-corrected chi connectivity index (χ2v) is 8.60. The van der Waals surface area contributed by atoms with Crippen LogP contribution in [0.25, 0.3) is 0 Å². The second kappa shape index (κ2) is 10.3. The van der Waals surface area contributed by atoms with Crippen LogP contribution in [0.3, 0.4) is 0 Å². The van der Waals surface area contributed by atoms with E-state index in [1.54, 1.807) is 0 Å². The Bertz CT molecular complexity index is 267. The minimum absolute atomic E-state index is 0.141. The van der Waals surface area contributed by atoms with Gasteiger partial charge < -0.3 is 9.05 Å². The first kappa shape index (κ1) is 17.6. The van der Waals surface area contributed by atoms with Crippen molar-refractivity contribution in [3.05, 3.63) is 0 Å². The SMILES string of the molecule is CCCCSCCOP(=O)(OCC)C1CCCCC1. The van der Waals surface area contributed by atoms with Gasteiger partial charge in [-0.1, -0.05) is 32.6 Å². The highest BCUT2D eigenvalue weighted by Gasteiger charge is 2.36. The van der Waals surface area contributed by atoms with Crippen LogP contribution in [0, 0.1) is 0 Å². The molecule has 0 heterocycles. The van der Waals surface area contributed by atoms with Gasteiger partial charge in [0.2, 0.25) is 0 Å². The van der Waals surface area contributed by atoms with Crippen molar-refractivity contribution in [2.45, 2.75) is 64.5 Å². The molecule has 1 atom stereocenters. The van der Waals surface area contributed by atoms with Crippen molar-refractivity contribution in [2.24, 2.45) is 0 Å². The zero-order valence-electron chi connectivity index (χ0n) is 12.4. The minimum atomic E-state index is -2.86. The molecule has 0 saturated heterocycles. The van der Waals surface area contributed by atoms with Crippen molar-refractivity contribution in [2.75, 3.05) is 24.7 Å². The Morgan fingerprint density at radius 2 is 1.84 bits per heavy atom. The quantitative estimate of drug-likeness (QED) is 0.415. The van der Waals surface area contributed by atoms with Gasteiger partial charge in [-0.05, 0) is 31.9 Å². The Morgan fingerprint density at radius 1 is 1.11 bits per heavy atom. The zero-order chi connectivity index (χ0) is 14.0. The van der Waals surface area contributed by atoms with E-state index in [4.69, 9.17) is 9.05 Å². The molecular weight excluding hydrogens is 279 g/mol. The molecular formula is C14H29O3PS. The van der Waals surface area contributed by atoms with Crippen LogP contribution in [0.5, 0.6) is 0 Å². The molecule has 0 aromatic rings. The van der Waals surface area contributed by atoms with Gasteiger partial charge in [-0.25, -0.2) is 0 Å². The maximum Gasteiger partial charge on any atom is 0.333 e. The molecule has 1 saturated carbocycles. The fourth-order valence-electron chi connectivity index (χ4n) is 2.40. The summed E-state index contributed by atoms with van der Waals surface area (Å²) in [5.74, 6) is 2.09. The Morgan fingerprint density at radius 3 is 2.47 bits per heavy atom. The summed E-state index contributed by atoms with van der Waals surface area (Å²) in [5, 5.41) is 0. The fourth-order valence-corrected chi connectivity index (χ4v) is 5.62. The molecule has 19 heavy (non-hydrogen) atoms. The third-order valence-electron chi connectivity index (χ3n) is 3.47. The van der Waals surface area contributed by atoms with Crippen LogP contribution in [0.1, 0.15) is 58.8 Å². The molecule has 0 radical (unpaired) electrons. The van der Waals surface area contributed by atoms with E-state index in [1.807, 2.05) is 18.7 Å². The van der Waals surface area contributed by atoms with Gasteiger partial charge in [0, 0.05) is 5.75 Å². The van der Waals surface area contributed by atoms with Crippen LogP contribution in [0.2, 0.25) is 0 Å². The van der Waals surface area contributed by atoms with E-state index in [0.29, 0.717) is 13.2 Å². The first-order chi connectivity index (χ1) is 9.23. The molecule has 3 nitrogen and oxygen atoms in total. The lowest BCUT2D eigenvalue weighted by Gasteiger charge is -2.29. The van der Waals surface area contributed by atoms with E-state index in [0.717, 1.165) is 31.4 Å². The van der Waals surface area contributed by atoms with Crippen molar-refractivity contribution in [3.8, 4) is 0 Å². The van der Waals surface area contributed by atoms with Crippen LogP contribution in [0.15, 0.2) is 0 Å². The van der Waals surface area contributed by atoms with E-state index in [9.17, 15) is 4.57 Å². The lowest BCUT2D eigenvalue weighted by molar-refractivity contribution is 0.206. The van der Waals surface area contributed by atoms with Gasteiger partial charge in [0.05, 0.1) is 18.9 Å². The maximum absolute atomic E-state index is 12.8. The summed E-state index contributed by atoms with van der Waals surface area (Å²) in [6.07, 6.45) is 8.06. The Balaban J connectivity index is 2.31. The van der Waals surface area contributed by atoms with Crippen LogP contribution >= 0.6 is 19.4 Å². The summed E-state index contributed by atoms with van der Waals surface area (Å²) >= 11 is 1.88. The number of rotatable bonds is 10. The molecule has 0 aromatic heterocycles. The van der Waals surface area contributed by atoms with Gasteiger partial charge in [0.25, 0.3) is 0 Å². The summed E-state index contributed by atoms with van der Waals surface area (Å²) in [6, 6.07) is 0. The lowest BCUT2D eigenvalue weighted by Crippen LogP contribution is -2.17. The smallest absolute Gasteiger partial charge is 0.309 e. The predicted molar refractivity (Wildman–Crippen MR) is 84.3 cm³/mol. The molecule has 1 unspecified atom stereocenters. The van der Waals surface area contributed by atoms with E-state index < -0.39 is 7.60 Å². The zero-order valence-corrected chi connectivity index (χ0v) is 14.1. The molecule has 0 spiro atoms. The topological polar surface area (TPSA) is 35.5 Å². The molecule has 114 valence electrons. The van der Waals surface area contributed by atoms with Crippen LogP contribution in [-0.2, 0) is 13.6 Å². The Kier molecular flexibility index (Phi) is 9.48. The summed E-state index contributed by atoms with van der Waals surface area (Å²) < 4.78 is 24.0. The molecule has 0 aromatic carbocycles. The average Bonchev–Trinajstić information content (AvgIpc) is 2.44. The molecule has 0 amide bonds. The van der Waals surface area contributed by atoms with E-state index in [1.165, 1.54) is 25.0 Å². The molecule has 5 heteroatoms. The Hall–Kier alpha value is 0.500. The molecule has 0 bridgehead atoms. The molecule has 1 fully saturated rings. The number of thioether (sulfide) groups is 1. The van der Waals surface area contributed by atoms with Crippen LogP contribution < -0.4 is 0 Å². The standard InChI is InChI=1S/C14H29O3PS/c1-3-5-12-19-13-11-17-18(15,16-4-2)14-9-7-6-8-10-14/h14H,3-13H2,1-2H3. The van der Waals surface area contributed by atoms with E-state index in [2.05, 4.69) is 6.92 Å². The van der Waals surface area contributed by atoms with Gasteiger partial charge in [0.15, 0.2) is 0 Å². The number of hydrogen-bond donors (Lipinski definition) is 0. The number of hydrogen-bond acceptors (Lipinski definition) is 4. The van der Waals surface area contributed by atoms with Crippen LogP contribution in [-0.4, -0.2) is 30.4 Å². The summed E-state index contributed by atoms with van der Waals surface area (Å²) in [7, 11) is -2.86. The van der Waals surface area contributed by atoms with Crippen molar-refractivity contribution in [1.82, 2.24) is 0 Å². The van der Waals surface area contributed by atoms with Gasteiger partial charge in [0.1, 0.15) is 0 Å². The van der Waals surface area contributed by atoms with Gasteiger partial charge in [-0.15, -0.1) is 0 Å². The normalized spacial score (nSPS) is 20.3. The molecule has 0 aliphatic heterocycles. The molecule has 1 aliphatic rings. The van der Waals surface area contributed by atoms with Crippen LogP contribution in [0.4, 0.5) is 0 Å².